The molecule has 0 atom stereocenters. The lowest BCUT2D eigenvalue weighted by Gasteiger charge is -2.02. The number of rotatable bonds is 1. The zero-order valence-electron chi connectivity index (χ0n) is 6.98. The highest BCUT2D eigenvalue weighted by Gasteiger charge is 2.01. The van der Waals surface area contributed by atoms with E-state index in [1.165, 1.54) is 0 Å². The Balaban J connectivity index is 2.53. The largest absolute Gasteiger partial charge is 0.288 e. The number of hydrogen-bond donors (Lipinski definition) is 0. The van der Waals surface area contributed by atoms with E-state index in [0.717, 1.165) is 11.6 Å². The van der Waals surface area contributed by atoms with Gasteiger partial charge in [0.25, 0.3) is 0 Å². The molecular weight excluding hydrogens is 232 g/mol. The standard InChI is InChI=1S/C8H7BrN4/c1-6-10-4-5-13(6)7-2-3-11-8(9)12-7/h2-5H,1H3. The summed E-state index contributed by atoms with van der Waals surface area (Å²) in [5, 5.41) is 0. The summed E-state index contributed by atoms with van der Waals surface area (Å²) in [5.41, 5.74) is 0. The molecule has 0 aromatic carbocycles. The second-order valence-electron chi connectivity index (χ2n) is 2.53. The van der Waals surface area contributed by atoms with Crippen LogP contribution in [0.1, 0.15) is 5.82 Å². The lowest BCUT2D eigenvalue weighted by molar-refractivity contribution is 0.909. The fourth-order valence-corrected chi connectivity index (χ4v) is 1.38. The van der Waals surface area contributed by atoms with Crippen LogP contribution in [0, 0.1) is 6.92 Å². The Morgan fingerprint density at radius 3 is 2.77 bits per heavy atom. The Labute approximate surface area is 83.8 Å². The summed E-state index contributed by atoms with van der Waals surface area (Å²) in [5.74, 6) is 1.72. The normalized spacial score (nSPS) is 10.3. The quantitative estimate of drug-likeness (QED) is 0.712. The lowest BCUT2D eigenvalue weighted by Crippen LogP contribution is -1.99. The maximum Gasteiger partial charge on any atom is 0.198 e. The monoisotopic (exact) mass is 238 g/mol. The molecule has 0 saturated carbocycles. The zero-order valence-corrected chi connectivity index (χ0v) is 8.56. The number of aromatic nitrogens is 4. The van der Waals surface area contributed by atoms with Crippen LogP contribution >= 0.6 is 15.9 Å². The number of nitrogens with zero attached hydrogens (tertiary/aromatic N) is 4. The van der Waals surface area contributed by atoms with Crippen LogP contribution in [0.25, 0.3) is 5.82 Å². The third-order valence-corrected chi connectivity index (χ3v) is 2.07. The van der Waals surface area contributed by atoms with Crippen LogP contribution < -0.4 is 0 Å². The van der Waals surface area contributed by atoms with Gasteiger partial charge in [0.05, 0.1) is 0 Å². The molecule has 2 aromatic heterocycles. The van der Waals surface area contributed by atoms with Crippen molar-refractivity contribution in [3.8, 4) is 5.82 Å². The molecule has 5 heteroatoms. The highest BCUT2D eigenvalue weighted by Crippen LogP contribution is 2.08. The first kappa shape index (κ1) is 8.37. The van der Waals surface area contributed by atoms with Crippen LogP contribution in [0.4, 0.5) is 0 Å². The minimum Gasteiger partial charge on any atom is -0.288 e. The van der Waals surface area contributed by atoms with E-state index in [0.29, 0.717) is 4.73 Å². The minimum absolute atomic E-state index is 0.582. The fraction of sp³-hybridized carbons (Fsp3) is 0.125. The average molecular weight is 239 g/mol. The summed E-state index contributed by atoms with van der Waals surface area (Å²) in [6.45, 7) is 1.93. The number of imidazole rings is 1. The molecule has 0 aliphatic carbocycles. The van der Waals surface area contributed by atoms with E-state index < -0.39 is 0 Å². The van der Waals surface area contributed by atoms with Gasteiger partial charge in [-0.15, -0.1) is 0 Å². The van der Waals surface area contributed by atoms with Gasteiger partial charge in [-0.3, -0.25) is 4.57 Å². The van der Waals surface area contributed by atoms with Crippen molar-refractivity contribution < 1.29 is 0 Å². The molecule has 0 N–H and O–H groups in total. The van der Waals surface area contributed by atoms with Crippen molar-refractivity contribution >= 4 is 15.9 Å². The molecule has 2 heterocycles. The topological polar surface area (TPSA) is 43.6 Å². The van der Waals surface area contributed by atoms with E-state index in [4.69, 9.17) is 0 Å². The third kappa shape index (κ3) is 1.60. The molecule has 0 saturated heterocycles. The zero-order chi connectivity index (χ0) is 9.26. The molecule has 13 heavy (non-hydrogen) atoms. The van der Waals surface area contributed by atoms with Crippen molar-refractivity contribution in [2.75, 3.05) is 0 Å². The molecule has 0 aliphatic heterocycles. The molecule has 2 rings (SSSR count). The van der Waals surface area contributed by atoms with Crippen LogP contribution in [0.3, 0.4) is 0 Å². The molecule has 0 unspecified atom stereocenters. The van der Waals surface area contributed by atoms with Crippen molar-refractivity contribution in [3.05, 3.63) is 35.2 Å². The van der Waals surface area contributed by atoms with Crippen molar-refractivity contribution in [2.45, 2.75) is 6.92 Å². The first-order valence-corrected chi connectivity index (χ1v) is 4.55. The van der Waals surface area contributed by atoms with Crippen LogP contribution in [0.5, 0.6) is 0 Å². The molecule has 4 nitrogen and oxygen atoms in total. The van der Waals surface area contributed by atoms with Crippen LogP contribution in [0.2, 0.25) is 0 Å². The van der Waals surface area contributed by atoms with E-state index in [-0.39, 0.29) is 0 Å². The van der Waals surface area contributed by atoms with Gasteiger partial charge >= 0.3 is 0 Å². The molecule has 0 spiro atoms. The molecule has 0 bridgehead atoms. The predicted octanol–water partition coefficient (Wildman–Crippen LogP) is 1.73. The van der Waals surface area contributed by atoms with Gasteiger partial charge in [-0.05, 0) is 28.9 Å². The summed E-state index contributed by atoms with van der Waals surface area (Å²) >= 11 is 3.22. The summed E-state index contributed by atoms with van der Waals surface area (Å²) in [7, 11) is 0. The van der Waals surface area contributed by atoms with Gasteiger partial charge in [0.1, 0.15) is 11.6 Å². The van der Waals surface area contributed by atoms with Crippen molar-refractivity contribution in [2.24, 2.45) is 0 Å². The Morgan fingerprint density at radius 1 is 1.31 bits per heavy atom. The van der Waals surface area contributed by atoms with Gasteiger partial charge in [0.2, 0.25) is 0 Å². The maximum atomic E-state index is 4.20. The summed E-state index contributed by atoms with van der Waals surface area (Å²) < 4.78 is 2.48. The summed E-state index contributed by atoms with van der Waals surface area (Å²) in [6.07, 6.45) is 5.31. The Bertz CT molecular complexity index is 424. The highest BCUT2D eigenvalue weighted by atomic mass is 79.9. The third-order valence-electron chi connectivity index (χ3n) is 1.68. The molecule has 66 valence electrons. The molecule has 0 radical (unpaired) electrons. The number of aryl methyl sites for hydroxylation is 1. The highest BCUT2D eigenvalue weighted by molar-refractivity contribution is 9.10. The van der Waals surface area contributed by atoms with E-state index in [2.05, 4.69) is 30.9 Å². The molecule has 0 amide bonds. The van der Waals surface area contributed by atoms with Crippen LogP contribution in [-0.4, -0.2) is 19.5 Å². The van der Waals surface area contributed by atoms with Crippen LogP contribution in [0.15, 0.2) is 29.4 Å². The first-order chi connectivity index (χ1) is 6.27. The molecule has 0 aliphatic rings. The number of halogens is 1. The van der Waals surface area contributed by atoms with Crippen LogP contribution in [-0.2, 0) is 0 Å². The molecule has 0 fully saturated rings. The average Bonchev–Trinajstić information content (AvgIpc) is 2.51. The predicted molar refractivity (Wildman–Crippen MR) is 51.6 cm³/mol. The first-order valence-electron chi connectivity index (χ1n) is 3.76. The Kier molecular flexibility index (Phi) is 2.10. The second kappa shape index (κ2) is 3.26. The van der Waals surface area contributed by atoms with Gasteiger partial charge in [-0.25, -0.2) is 15.0 Å². The maximum absolute atomic E-state index is 4.20. The van der Waals surface area contributed by atoms with Crippen molar-refractivity contribution in [1.29, 1.82) is 0 Å². The van der Waals surface area contributed by atoms with Gasteiger partial charge in [-0.1, -0.05) is 0 Å². The molecular formula is C8H7BrN4. The molecule has 2 aromatic rings. The van der Waals surface area contributed by atoms with Gasteiger partial charge in [0, 0.05) is 18.6 Å². The van der Waals surface area contributed by atoms with E-state index in [1.54, 1.807) is 12.4 Å². The van der Waals surface area contributed by atoms with Gasteiger partial charge in [-0.2, -0.15) is 0 Å². The minimum atomic E-state index is 0.582. The van der Waals surface area contributed by atoms with Gasteiger partial charge in [0.15, 0.2) is 4.73 Å². The smallest absolute Gasteiger partial charge is 0.198 e. The van der Waals surface area contributed by atoms with Crippen molar-refractivity contribution in [1.82, 2.24) is 19.5 Å². The van der Waals surface area contributed by atoms with E-state index >= 15 is 0 Å². The summed E-state index contributed by atoms with van der Waals surface area (Å²) in [6, 6.07) is 1.83. The lowest BCUT2D eigenvalue weighted by atomic mass is 10.5. The SMILES string of the molecule is Cc1nccn1-c1ccnc(Br)n1. The van der Waals surface area contributed by atoms with E-state index in [1.807, 2.05) is 23.8 Å². The fourth-order valence-electron chi connectivity index (χ4n) is 1.08. The summed E-state index contributed by atoms with van der Waals surface area (Å²) in [4.78, 5) is 12.3. The van der Waals surface area contributed by atoms with Gasteiger partial charge < -0.3 is 0 Å². The Hall–Kier alpha value is -1.23. The van der Waals surface area contributed by atoms with Crippen molar-refractivity contribution in [3.63, 3.8) is 0 Å². The Morgan fingerprint density at radius 2 is 2.15 bits per heavy atom. The number of hydrogen-bond acceptors (Lipinski definition) is 3. The van der Waals surface area contributed by atoms with E-state index in [9.17, 15) is 0 Å². The second-order valence-corrected chi connectivity index (χ2v) is 3.24.